The number of aryl methyl sites for hydroxylation is 2. The molecule has 2 heterocycles. The number of benzene rings is 2. The van der Waals surface area contributed by atoms with E-state index in [1.165, 1.54) is 0 Å². The minimum atomic E-state index is -0.997. The van der Waals surface area contributed by atoms with Crippen LogP contribution in [0.4, 0.5) is 0 Å². The maximum absolute atomic E-state index is 13.0. The number of fused-ring (bicyclic) bond motifs is 3. The van der Waals surface area contributed by atoms with Gasteiger partial charge in [-0.25, -0.2) is 4.79 Å². The second-order valence-electron chi connectivity index (χ2n) is 8.15. The molecule has 1 aliphatic carbocycles. The highest BCUT2D eigenvalue weighted by Gasteiger charge is 2.31. The number of carboxylic acid groups (broad SMARTS) is 1. The molecule has 2 aromatic carbocycles. The van der Waals surface area contributed by atoms with Crippen molar-refractivity contribution in [2.45, 2.75) is 26.3 Å². The van der Waals surface area contributed by atoms with Crippen LogP contribution in [0.5, 0.6) is 0 Å². The highest BCUT2D eigenvalue weighted by molar-refractivity contribution is 9.10. The quantitative estimate of drug-likeness (QED) is 0.402. The van der Waals surface area contributed by atoms with Gasteiger partial charge >= 0.3 is 5.97 Å². The monoisotopic (exact) mass is 488 g/mol. The first-order chi connectivity index (χ1) is 15.4. The number of H-pyrrole nitrogens is 1. The Hall–Kier alpha value is -3.38. The molecule has 0 radical (unpaired) electrons. The molecule has 0 saturated heterocycles. The standard InChI is InChI=1S/C26H21BrN2O3/c1-15-7-9-16(10-8-15)14-29-23-19(21(27)24(29)26(31)32)12-11-18-13-20(25(30)28-22(18)23)17-5-3-2-4-6-17/h2-10,13H,11-12,14H2,1H3,(H,28,30)(H,31,32). The zero-order valence-corrected chi connectivity index (χ0v) is 19.1. The maximum Gasteiger partial charge on any atom is 0.353 e. The minimum Gasteiger partial charge on any atom is -0.477 e. The largest absolute Gasteiger partial charge is 0.477 e. The van der Waals surface area contributed by atoms with E-state index in [4.69, 9.17) is 0 Å². The lowest BCUT2D eigenvalue weighted by molar-refractivity contribution is 0.0684. The van der Waals surface area contributed by atoms with Gasteiger partial charge in [-0.3, -0.25) is 4.79 Å². The van der Waals surface area contributed by atoms with Gasteiger partial charge in [0, 0.05) is 12.1 Å². The van der Waals surface area contributed by atoms with Crippen molar-refractivity contribution in [3.05, 3.63) is 103 Å². The van der Waals surface area contributed by atoms with E-state index < -0.39 is 5.97 Å². The fourth-order valence-electron chi connectivity index (χ4n) is 4.47. The molecule has 0 atom stereocenters. The average Bonchev–Trinajstić information content (AvgIpc) is 3.07. The normalized spacial score (nSPS) is 12.3. The number of aromatic carboxylic acids is 1. The van der Waals surface area contributed by atoms with Crippen LogP contribution in [0.1, 0.15) is 32.7 Å². The predicted molar refractivity (Wildman–Crippen MR) is 128 cm³/mol. The van der Waals surface area contributed by atoms with Crippen molar-refractivity contribution in [2.75, 3.05) is 0 Å². The first kappa shape index (κ1) is 20.5. The first-order valence-electron chi connectivity index (χ1n) is 10.5. The number of carbonyl (C=O) groups is 1. The van der Waals surface area contributed by atoms with Crippen LogP contribution in [-0.2, 0) is 19.4 Å². The van der Waals surface area contributed by atoms with E-state index in [-0.39, 0.29) is 11.3 Å². The predicted octanol–water partition coefficient (Wildman–Crippen LogP) is 5.43. The Morgan fingerprint density at radius 2 is 1.81 bits per heavy atom. The Morgan fingerprint density at radius 3 is 2.50 bits per heavy atom. The number of halogens is 1. The van der Waals surface area contributed by atoms with Crippen LogP contribution in [0.3, 0.4) is 0 Å². The van der Waals surface area contributed by atoms with Crippen LogP contribution in [0.15, 0.2) is 69.9 Å². The summed E-state index contributed by atoms with van der Waals surface area (Å²) in [7, 11) is 0. The molecular formula is C26H21BrN2O3. The molecule has 160 valence electrons. The first-order valence-corrected chi connectivity index (χ1v) is 11.2. The van der Waals surface area contributed by atoms with Gasteiger partial charge in [-0.05, 0) is 64.0 Å². The number of rotatable bonds is 4. The summed E-state index contributed by atoms with van der Waals surface area (Å²) in [5.74, 6) is -0.997. The molecule has 0 aliphatic heterocycles. The molecule has 0 bridgehead atoms. The summed E-state index contributed by atoms with van der Waals surface area (Å²) >= 11 is 3.54. The van der Waals surface area contributed by atoms with Crippen molar-refractivity contribution >= 4 is 21.9 Å². The maximum atomic E-state index is 13.0. The third-order valence-corrected chi connectivity index (χ3v) is 6.91. The van der Waals surface area contributed by atoms with Crippen LogP contribution < -0.4 is 5.56 Å². The second kappa shape index (κ2) is 7.95. The summed E-state index contributed by atoms with van der Waals surface area (Å²) in [6, 6.07) is 19.6. The molecule has 0 fully saturated rings. The van der Waals surface area contributed by atoms with Gasteiger partial charge in [-0.2, -0.15) is 0 Å². The number of carboxylic acids is 1. The van der Waals surface area contributed by atoms with Crippen molar-refractivity contribution in [1.82, 2.24) is 9.55 Å². The van der Waals surface area contributed by atoms with Crippen molar-refractivity contribution < 1.29 is 9.90 Å². The molecule has 6 heteroatoms. The van der Waals surface area contributed by atoms with E-state index in [2.05, 4.69) is 20.9 Å². The van der Waals surface area contributed by atoms with Gasteiger partial charge in [0.15, 0.2) is 0 Å². The molecular weight excluding hydrogens is 468 g/mol. The Bertz CT molecular complexity index is 1400. The van der Waals surface area contributed by atoms with Crippen molar-refractivity contribution in [1.29, 1.82) is 0 Å². The lowest BCUT2D eigenvalue weighted by atomic mass is 9.92. The smallest absolute Gasteiger partial charge is 0.353 e. The Balaban J connectivity index is 1.71. The Morgan fingerprint density at radius 1 is 1.09 bits per heavy atom. The number of nitrogens with zero attached hydrogens (tertiary/aromatic N) is 1. The molecule has 0 unspecified atom stereocenters. The van der Waals surface area contributed by atoms with Gasteiger partial charge in [0.25, 0.3) is 5.56 Å². The van der Waals surface area contributed by atoms with Gasteiger partial charge in [0.2, 0.25) is 0 Å². The second-order valence-corrected chi connectivity index (χ2v) is 8.94. The highest BCUT2D eigenvalue weighted by Crippen LogP contribution is 2.41. The molecule has 4 aromatic rings. The van der Waals surface area contributed by atoms with E-state index in [1.807, 2.05) is 72.2 Å². The van der Waals surface area contributed by atoms with Gasteiger partial charge in [-0.15, -0.1) is 0 Å². The SMILES string of the molecule is Cc1ccc(Cn2c(C(=O)O)c(Br)c3c2-c2[nH]c(=O)c(-c4ccccc4)cc2CC3)cc1. The molecule has 0 amide bonds. The summed E-state index contributed by atoms with van der Waals surface area (Å²) in [4.78, 5) is 28.3. The minimum absolute atomic E-state index is 0.182. The summed E-state index contributed by atoms with van der Waals surface area (Å²) in [6.07, 6.45) is 1.43. The molecule has 2 aromatic heterocycles. The number of aromatic amines is 1. The molecule has 32 heavy (non-hydrogen) atoms. The van der Waals surface area contributed by atoms with Crippen molar-refractivity contribution in [3.8, 4) is 22.5 Å². The summed E-state index contributed by atoms with van der Waals surface area (Å²) in [5, 5.41) is 9.99. The van der Waals surface area contributed by atoms with E-state index >= 15 is 0 Å². The topological polar surface area (TPSA) is 75.1 Å². The van der Waals surface area contributed by atoms with Crippen LogP contribution in [0, 0.1) is 6.92 Å². The third-order valence-electron chi connectivity index (χ3n) is 6.05. The van der Waals surface area contributed by atoms with Crippen LogP contribution in [0.25, 0.3) is 22.5 Å². The molecule has 5 rings (SSSR count). The molecule has 1 aliphatic rings. The molecule has 0 spiro atoms. The molecule has 0 saturated carbocycles. The zero-order chi connectivity index (χ0) is 22.4. The summed E-state index contributed by atoms with van der Waals surface area (Å²) < 4.78 is 2.40. The average molecular weight is 489 g/mol. The van der Waals surface area contributed by atoms with Gasteiger partial charge < -0.3 is 14.7 Å². The van der Waals surface area contributed by atoms with Crippen LogP contribution >= 0.6 is 15.9 Å². The Kier molecular flexibility index (Phi) is 5.10. The third kappa shape index (κ3) is 3.41. The Labute approximate surface area is 193 Å². The fraction of sp³-hybridized carbons (Fsp3) is 0.154. The number of hydrogen-bond donors (Lipinski definition) is 2. The van der Waals surface area contributed by atoms with Gasteiger partial charge in [0.05, 0.1) is 15.9 Å². The lowest BCUT2D eigenvalue weighted by Gasteiger charge is -2.21. The number of hydrogen-bond acceptors (Lipinski definition) is 2. The van der Waals surface area contributed by atoms with E-state index in [0.717, 1.165) is 39.9 Å². The van der Waals surface area contributed by atoms with E-state index in [1.54, 1.807) is 0 Å². The summed E-state index contributed by atoms with van der Waals surface area (Å²) in [5.41, 5.74) is 7.07. The summed E-state index contributed by atoms with van der Waals surface area (Å²) in [6.45, 7) is 2.42. The van der Waals surface area contributed by atoms with E-state index in [0.29, 0.717) is 28.7 Å². The number of aromatic nitrogens is 2. The number of pyridine rings is 1. The molecule has 5 nitrogen and oxygen atoms in total. The molecule has 2 N–H and O–H groups in total. The van der Waals surface area contributed by atoms with E-state index in [9.17, 15) is 14.7 Å². The van der Waals surface area contributed by atoms with Gasteiger partial charge in [0.1, 0.15) is 5.69 Å². The fourth-order valence-corrected chi connectivity index (χ4v) is 5.24. The van der Waals surface area contributed by atoms with Crippen molar-refractivity contribution in [3.63, 3.8) is 0 Å². The van der Waals surface area contributed by atoms with Crippen LogP contribution in [-0.4, -0.2) is 20.6 Å². The highest BCUT2D eigenvalue weighted by atomic mass is 79.9. The number of nitrogens with one attached hydrogen (secondary N) is 1. The zero-order valence-electron chi connectivity index (χ0n) is 17.5. The lowest BCUT2D eigenvalue weighted by Crippen LogP contribution is -2.18. The van der Waals surface area contributed by atoms with Crippen LogP contribution in [0.2, 0.25) is 0 Å². The van der Waals surface area contributed by atoms with Gasteiger partial charge in [-0.1, -0.05) is 60.2 Å². The van der Waals surface area contributed by atoms with Crippen molar-refractivity contribution in [2.24, 2.45) is 0 Å².